The van der Waals surface area contributed by atoms with Crippen LogP contribution in [-0.4, -0.2) is 27.8 Å². The van der Waals surface area contributed by atoms with Gasteiger partial charge in [-0.1, -0.05) is 49.7 Å². The molecule has 0 fully saturated rings. The summed E-state index contributed by atoms with van der Waals surface area (Å²) in [6, 6.07) is 13.6. The van der Waals surface area contributed by atoms with Crippen molar-refractivity contribution in [1.82, 2.24) is 15.3 Å². The number of carbonyl (C=O) groups excluding carboxylic acids is 2. The molecule has 3 aromatic rings. The molecule has 0 saturated heterocycles. The van der Waals surface area contributed by atoms with E-state index in [0.29, 0.717) is 27.7 Å². The second-order valence-corrected chi connectivity index (χ2v) is 7.34. The van der Waals surface area contributed by atoms with E-state index in [1.54, 1.807) is 24.3 Å². The van der Waals surface area contributed by atoms with Gasteiger partial charge in [-0.15, -0.1) is 0 Å². The summed E-state index contributed by atoms with van der Waals surface area (Å²) in [6.07, 6.45) is 0. The lowest BCUT2D eigenvalue weighted by molar-refractivity contribution is -0.119. The molecular weight excluding hydrogens is 390 g/mol. The van der Waals surface area contributed by atoms with Crippen molar-refractivity contribution in [2.45, 2.75) is 26.4 Å². The van der Waals surface area contributed by atoms with Crippen LogP contribution in [0, 0.1) is 5.92 Å². The summed E-state index contributed by atoms with van der Waals surface area (Å²) in [6.45, 7) is 3.90. The number of fused-ring (bicyclic) bond motifs is 1. The highest BCUT2D eigenvalue weighted by Crippen LogP contribution is 2.22. The van der Waals surface area contributed by atoms with E-state index in [-0.39, 0.29) is 18.4 Å². The van der Waals surface area contributed by atoms with Gasteiger partial charge in [0.15, 0.2) is 5.82 Å². The Morgan fingerprint density at radius 1 is 1.07 bits per heavy atom. The van der Waals surface area contributed by atoms with Gasteiger partial charge in [0.25, 0.3) is 5.91 Å². The lowest BCUT2D eigenvalue weighted by atomic mass is 10.0. The zero-order valence-electron chi connectivity index (χ0n) is 16.1. The molecule has 2 aromatic carbocycles. The topological polar surface area (TPSA) is 110 Å². The Kier molecular flexibility index (Phi) is 6.29. The van der Waals surface area contributed by atoms with Gasteiger partial charge in [0.1, 0.15) is 11.9 Å². The Morgan fingerprint density at radius 3 is 2.45 bits per heavy atom. The highest BCUT2D eigenvalue weighted by Gasteiger charge is 2.21. The smallest absolute Gasteiger partial charge is 0.253 e. The van der Waals surface area contributed by atoms with E-state index >= 15 is 0 Å². The third-order valence-corrected chi connectivity index (χ3v) is 4.77. The minimum atomic E-state index is -0.584. The molecule has 0 radical (unpaired) electrons. The summed E-state index contributed by atoms with van der Waals surface area (Å²) in [5.74, 6) is 0.0913. The van der Waals surface area contributed by atoms with Gasteiger partial charge in [0.2, 0.25) is 5.91 Å². The van der Waals surface area contributed by atoms with Crippen LogP contribution in [0.25, 0.3) is 10.9 Å². The minimum absolute atomic E-state index is 0.0235. The molecule has 0 bridgehead atoms. The quantitative estimate of drug-likeness (QED) is 0.553. The molecule has 8 heteroatoms. The van der Waals surface area contributed by atoms with Crippen LogP contribution in [0.15, 0.2) is 48.5 Å². The zero-order chi connectivity index (χ0) is 21.0. The standard InChI is InChI=1S/C21H22ClN5O2/c1-12(2)18(19(23)28)27-20-14-8-4-6-10-16(14)25-17(26-20)11-24-21(29)13-7-3-5-9-15(13)22/h3-10,12,18H,11H2,1-2H3,(H2,23,28)(H,24,29)(H,25,26,27)/t18-/m0/s1. The van der Waals surface area contributed by atoms with Crippen molar-refractivity contribution in [1.29, 1.82) is 0 Å². The molecule has 7 nitrogen and oxygen atoms in total. The minimum Gasteiger partial charge on any atom is -0.368 e. The second-order valence-electron chi connectivity index (χ2n) is 6.94. The number of nitrogens with one attached hydrogen (secondary N) is 2. The number of carbonyl (C=O) groups is 2. The van der Waals surface area contributed by atoms with Crippen molar-refractivity contribution in [3.8, 4) is 0 Å². The zero-order valence-corrected chi connectivity index (χ0v) is 16.9. The van der Waals surface area contributed by atoms with Gasteiger partial charge in [-0.2, -0.15) is 0 Å². The fourth-order valence-corrected chi connectivity index (χ4v) is 3.15. The number of anilines is 1. The molecule has 2 amide bonds. The van der Waals surface area contributed by atoms with Crippen molar-refractivity contribution in [2.24, 2.45) is 11.7 Å². The number of hydrogen-bond donors (Lipinski definition) is 3. The van der Waals surface area contributed by atoms with Crippen LogP contribution >= 0.6 is 11.6 Å². The third kappa shape index (κ3) is 4.81. The largest absolute Gasteiger partial charge is 0.368 e. The first-order valence-corrected chi connectivity index (χ1v) is 9.59. The van der Waals surface area contributed by atoms with Crippen molar-refractivity contribution in [3.05, 3.63) is 64.9 Å². The Bertz CT molecular complexity index is 1050. The van der Waals surface area contributed by atoms with E-state index < -0.39 is 11.9 Å². The molecule has 0 aliphatic heterocycles. The SMILES string of the molecule is CC(C)[C@H](Nc1nc(CNC(=O)c2ccccc2Cl)nc2ccccc12)C(N)=O. The maximum Gasteiger partial charge on any atom is 0.253 e. The fourth-order valence-electron chi connectivity index (χ4n) is 2.93. The highest BCUT2D eigenvalue weighted by atomic mass is 35.5. The summed E-state index contributed by atoms with van der Waals surface area (Å²) in [5.41, 5.74) is 6.60. The van der Waals surface area contributed by atoms with Crippen LogP contribution in [0.3, 0.4) is 0 Å². The van der Waals surface area contributed by atoms with Crippen LogP contribution in [0.4, 0.5) is 5.82 Å². The van der Waals surface area contributed by atoms with Gasteiger partial charge in [-0.25, -0.2) is 9.97 Å². The van der Waals surface area contributed by atoms with Crippen molar-refractivity contribution in [3.63, 3.8) is 0 Å². The number of benzene rings is 2. The van der Waals surface area contributed by atoms with Gasteiger partial charge in [-0.3, -0.25) is 9.59 Å². The fraction of sp³-hybridized carbons (Fsp3) is 0.238. The molecule has 29 heavy (non-hydrogen) atoms. The first-order chi connectivity index (χ1) is 13.9. The van der Waals surface area contributed by atoms with Crippen LogP contribution in [0.1, 0.15) is 30.0 Å². The molecule has 150 valence electrons. The molecular formula is C21H22ClN5O2. The third-order valence-electron chi connectivity index (χ3n) is 4.44. The maximum atomic E-state index is 12.4. The first kappa shape index (κ1) is 20.5. The van der Waals surface area contributed by atoms with E-state index in [4.69, 9.17) is 17.3 Å². The van der Waals surface area contributed by atoms with Gasteiger partial charge in [-0.05, 0) is 30.2 Å². The lowest BCUT2D eigenvalue weighted by Gasteiger charge is -2.21. The van der Waals surface area contributed by atoms with E-state index in [0.717, 1.165) is 5.39 Å². The Balaban J connectivity index is 1.88. The Morgan fingerprint density at radius 2 is 1.76 bits per heavy atom. The number of para-hydroxylation sites is 1. The second kappa shape index (κ2) is 8.87. The Labute approximate surface area is 173 Å². The summed E-state index contributed by atoms with van der Waals surface area (Å²) in [5, 5.41) is 7.04. The molecule has 0 aliphatic rings. The molecule has 0 saturated carbocycles. The summed E-state index contributed by atoms with van der Waals surface area (Å²) >= 11 is 6.07. The number of primary amides is 1. The molecule has 0 unspecified atom stereocenters. The predicted molar refractivity (Wildman–Crippen MR) is 114 cm³/mol. The number of nitrogens with zero attached hydrogens (tertiary/aromatic N) is 2. The normalized spacial score (nSPS) is 12.0. The van der Waals surface area contributed by atoms with Gasteiger partial charge in [0, 0.05) is 5.39 Å². The van der Waals surface area contributed by atoms with E-state index in [2.05, 4.69) is 20.6 Å². The predicted octanol–water partition coefficient (Wildman–Crippen LogP) is 3.14. The van der Waals surface area contributed by atoms with Gasteiger partial charge in [0.05, 0.1) is 22.6 Å². The lowest BCUT2D eigenvalue weighted by Crippen LogP contribution is -2.40. The molecule has 0 spiro atoms. The highest BCUT2D eigenvalue weighted by molar-refractivity contribution is 6.33. The van der Waals surface area contributed by atoms with E-state index in [1.165, 1.54) is 0 Å². The van der Waals surface area contributed by atoms with Crippen LogP contribution in [-0.2, 0) is 11.3 Å². The van der Waals surface area contributed by atoms with E-state index in [9.17, 15) is 9.59 Å². The number of rotatable bonds is 7. The first-order valence-electron chi connectivity index (χ1n) is 9.21. The molecule has 4 N–H and O–H groups in total. The molecule has 0 aliphatic carbocycles. The van der Waals surface area contributed by atoms with Crippen molar-refractivity contribution in [2.75, 3.05) is 5.32 Å². The monoisotopic (exact) mass is 411 g/mol. The maximum absolute atomic E-state index is 12.4. The van der Waals surface area contributed by atoms with Crippen molar-refractivity contribution >= 4 is 40.1 Å². The number of amides is 2. The Hall–Kier alpha value is -3.19. The number of nitrogens with two attached hydrogens (primary N) is 1. The summed E-state index contributed by atoms with van der Waals surface area (Å²) < 4.78 is 0. The summed E-state index contributed by atoms with van der Waals surface area (Å²) in [7, 11) is 0. The van der Waals surface area contributed by atoms with Crippen LogP contribution < -0.4 is 16.4 Å². The molecule has 1 atom stereocenters. The van der Waals surface area contributed by atoms with Crippen LogP contribution in [0.5, 0.6) is 0 Å². The summed E-state index contributed by atoms with van der Waals surface area (Å²) in [4.78, 5) is 33.3. The molecule has 1 heterocycles. The average Bonchev–Trinajstić information content (AvgIpc) is 2.69. The van der Waals surface area contributed by atoms with Crippen LogP contribution in [0.2, 0.25) is 5.02 Å². The van der Waals surface area contributed by atoms with E-state index in [1.807, 2.05) is 38.1 Å². The number of aromatic nitrogens is 2. The molecule has 3 rings (SSSR count). The van der Waals surface area contributed by atoms with Gasteiger partial charge < -0.3 is 16.4 Å². The average molecular weight is 412 g/mol. The molecule has 1 aromatic heterocycles. The number of halogens is 1. The van der Waals surface area contributed by atoms with Gasteiger partial charge >= 0.3 is 0 Å². The van der Waals surface area contributed by atoms with Crippen molar-refractivity contribution < 1.29 is 9.59 Å². The number of hydrogen-bond acceptors (Lipinski definition) is 5.